The normalized spacial score (nSPS) is 10.3. The fourth-order valence-corrected chi connectivity index (χ4v) is 1.81. The predicted octanol–water partition coefficient (Wildman–Crippen LogP) is 2.16. The third-order valence-electron chi connectivity index (χ3n) is 2.54. The maximum Gasteiger partial charge on any atom is 0.359 e. The molecule has 0 spiro atoms. The molecule has 0 bridgehead atoms. The molecule has 20 heavy (non-hydrogen) atoms. The van der Waals surface area contributed by atoms with Crippen molar-refractivity contribution < 1.29 is 19.1 Å². The number of rotatable bonds is 3. The largest absolute Gasteiger partial charge is 0.476 e. The number of nitrogens with zero attached hydrogens (tertiary/aromatic N) is 2. The van der Waals surface area contributed by atoms with Gasteiger partial charge in [0.2, 0.25) is 5.69 Å². The zero-order chi connectivity index (χ0) is 14.9. The number of hydrogen-bond donors (Lipinski definition) is 2. The summed E-state index contributed by atoms with van der Waals surface area (Å²) in [6.45, 7) is 0. The van der Waals surface area contributed by atoms with E-state index in [1.165, 1.54) is 19.2 Å². The van der Waals surface area contributed by atoms with Crippen LogP contribution >= 0.6 is 11.6 Å². The Hall–Kier alpha value is -2.41. The Labute approximate surface area is 117 Å². The molecule has 0 saturated carbocycles. The molecule has 8 heteroatoms. The van der Waals surface area contributed by atoms with Crippen LogP contribution in [0, 0.1) is 5.82 Å². The van der Waals surface area contributed by atoms with Gasteiger partial charge in [-0.1, -0.05) is 23.7 Å². The van der Waals surface area contributed by atoms with Gasteiger partial charge in [0.25, 0.3) is 5.91 Å². The Kier molecular flexibility index (Phi) is 3.71. The van der Waals surface area contributed by atoms with E-state index >= 15 is 0 Å². The molecule has 0 radical (unpaired) electrons. The third-order valence-corrected chi connectivity index (χ3v) is 2.87. The summed E-state index contributed by atoms with van der Waals surface area (Å²) >= 11 is 5.85. The average Bonchev–Trinajstić information content (AvgIpc) is 2.67. The number of hydrogen-bond acceptors (Lipinski definition) is 3. The summed E-state index contributed by atoms with van der Waals surface area (Å²) in [5.74, 6) is -3.63. The van der Waals surface area contributed by atoms with Gasteiger partial charge in [-0.3, -0.25) is 4.79 Å². The van der Waals surface area contributed by atoms with E-state index in [2.05, 4.69) is 10.4 Å². The van der Waals surface area contributed by atoms with Gasteiger partial charge in [0, 0.05) is 7.05 Å². The number of aromatic carboxylic acids is 1. The highest BCUT2D eigenvalue weighted by molar-refractivity contribution is 6.34. The van der Waals surface area contributed by atoms with Gasteiger partial charge in [-0.25, -0.2) is 13.9 Å². The van der Waals surface area contributed by atoms with Crippen molar-refractivity contribution in [1.82, 2.24) is 9.78 Å². The highest BCUT2D eigenvalue weighted by atomic mass is 35.5. The van der Waals surface area contributed by atoms with E-state index in [4.69, 9.17) is 16.7 Å². The lowest BCUT2D eigenvalue weighted by Crippen LogP contribution is -2.15. The molecule has 0 atom stereocenters. The summed E-state index contributed by atoms with van der Waals surface area (Å²) in [5, 5.41) is 14.7. The molecule has 0 aliphatic heterocycles. The maximum atomic E-state index is 13.8. The van der Waals surface area contributed by atoms with Crippen LogP contribution in [0.15, 0.2) is 24.3 Å². The van der Waals surface area contributed by atoms with E-state index in [-0.39, 0.29) is 16.4 Å². The van der Waals surface area contributed by atoms with Crippen molar-refractivity contribution in [3.8, 4) is 0 Å². The van der Waals surface area contributed by atoms with Crippen LogP contribution in [0.5, 0.6) is 0 Å². The standard InChI is InChI=1S/C12H9ClFN3O3/c1-17-10(8(14)9(16-17)12(19)20)15-11(18)6-4-2-3-5-7(6)13/h2-5H,1H3,(H,15,18)(H,19,20). The van der Waals surface area contributed by atoms with Gasteiger partial charge in [-0.15, -0.1) is 0 Å². The molecule has 0 aliphatic rings. The number of carboxylic acid groups (broad SMARTS) is 1. The van der Waals surface area contributed by atoms with Gasteiger partial charge in [0.05, 0.1) is 10.6 Å². The Bertz CT molecular complexity index is 699. The lowest BCUT2D eigenvalue weighted by molar-refractivity contribution is 0.0684. The first-order valence-electron chi connectivity index (χ1n) is 5.43. The predicted molar refractivity (Wildman–Crippen MR) is 69.5 cm³/mol. The van der Waals surface area contributed by atoms with E-state index in [0.29, 0.717) is 0 Å². The second kappa shape index (κ2) is 5.30. The lowest BCUT2D eigenvalue weighted by Gasteiger charge is -2.06. The van der Waals surface area contributed by atoms with Crippen LogP contribution in [0.1, 0.15) is 20.8 Å². The Morgan fingerprint density at radius 1 is 1.40 bits per heavy atom. The van der Waals surface area contributed by atoms with Gasteiger partial charge in [-0.05, 0) is 12.1 Å². The zero-order valence-electron chi connectivity index (χ0n) is 10.2. The monoisotopic (exact) mass is 297 g/mol. The topological polar surface area (TPSA) is 84.2 Å². The molecule has 1 aromatic carbocycles. The smallest absolute Gasteiger partial charge is 0.359 e. The van der Waals surface area contributed by atoms with Crippen LogP contribution in [0.2, 0.25) is 5.02 Å². The number of nitrogens with one attached hydrogen (secondary N) is 1. The SMILES string of the molecule is Cn1nc(C(=O)O)c(F)c1NC(=O)c1ccccc1Cl. The van der Waals surface area contributed by atoms with E-state index < -0.39 is 23.4 Å². The summed E-state index contributed by atoms with van der Waals surface area (Å²) in [4.78, 5) is 22.7. The number of carbonyl (C=O) groups excluding carboxylic acids is 1. The molecular weight excluding hydrogens is 289 g/mol. The van der Waals surface area contributed by atoms with Crippen molar-refractivity contribution in [3.05, 3.63) is 46.4 Å². The molecule has 1 heterocycles. The van der Waals surface area contributed by atoms with E-state index in [1.807, 2.05) is 0 Å². The highest BCUT2D eigenvalue weighted by Gasteiger charge is 2.23. The molecular formula is C12H9ClFN3O3. The number of halogens is 2. The summed E-state index contributed by atoms with van der Waals surface area (Å²) in [5.41, 5.74) is -0.617. The summed E-state index contributed by atoms with van der Waals surface area (Å²) in [7, 11) is 1.32. The highest BCUT2D eigenvalue weighted by Crippen LogP contribution is 2.20. The molecule has 0 fully saturated rings. The molecule has 6 nitrogen and oxygen atoms in total. The molecule has 1 aromatic heterocycles. The van der Waals surface area contributed by atoms with Crippen molar-refractivity contribution in [1.29, 1.82) is 0 Å². The fourth-order valence-electron chi connectivity index (χ4n) is 1.59. The van der Waals surface area contributed by atoms with Crippen molar-refractivity contribution in [2.24, 2.45) is 7.05 Å². The first kappa shape index (κ1) is 14.0. The average molecular weight is 298 g/mol. The second-order valence-corrected chi connectivity index (χ2v) is 4.28. The number of carbonyl (C=O) groups is 2. The first-order chi connectivity index (χ1) is 9.41. The van der Waals surface area contributed by atoms with Crippen LogP contribution in [-0.2, 0) is 7.05 Å². The molecule has 2 aromatic rings. The second-order valence-electron chi connectivity index (χ2n) is 3.87. The molecule has 0 saturated heterocycles. The summed E-state index contributed by atoms with van der Waals surface area (Å²) in [6.07, 6.45) is 0. The molecule has 0 unspecified atom stereocenters. The van der Waals surface area contributed by atoms with E-state index in [0.717, 1.165) is 4.68 Å². The zero-order valence-corrected chi connectivity index (χ0v) is 11.0. The summed E-state index contributed by atoms with van der Waals surface area (Å²) in [6, 6.07) is 6.22. The Balaban J connectivity index is 2.34. The van der Waals surface area contributed by atoms with Gasteiger partial charge in [-0.2, -0.15) is 5.10 Å². The Morgan fingerprint density at radius 2 is 2.05 bits per heavy atom. The van der Waals surface area contributed by atoms with Crippen LogP contribution < -0.4 is 5.32 Å². The minimum absolute atomic E-state index is 0.145. The quantitative estimate of drug-likeness (QED) is 0.909. The van der Waals surface area contributed by atoms with Crippen LogP contribution in [-0.4, -0.2) is 26.8 Å². The number of benzene rings is 1. The fraction of sp³-hybridized carbons (Fsp3) is 0.0833. The van der Waals surface area contributed by atoms with Crippen LogP contribution in [0.25, 0.3) is 0 Å². The summed E-state index contributed by atoms with van der Waals surface area (Å²) < 4.78 is 14.7. The van der Waals surface area contributed by atoms with Crippen molar-refractivity contribution >= 4 is 29.3 Å². The number of amides is 1. The van der Waals surface area contributed by atoms with Gasteiger partial charge >= 0.3 is 5.97 Å². The third kappa shape index (κ3) is 2.48. The number of carboxylic acids is 1. The molecule has 1 amide bonds. The lowest BCUT2D eigenvalue weighted by atomic mass is 10.2. The molecule has 0 aliphatic carbocycles. The van der Waals surface area contributed by atoms with Crippen molar-refractivity contribution in [3.63, 3.8) is 0 Å². The van der Waals surface area contributed by atoms with Crippen LogP contribution in [0.3, 0.4) is 0 Å². The minimum Gasteiger partial charge on any atom is -0.476 e. The maximum absolute atomic E-state index is 13.8. The van der Waals surface area contributed by atoms with Crippen molar-refractivity contribution in [2.75, 3.05) is 5.32 Å². The van der Waals surface area contributed by atoms with E-state index in [1.54, 1.807) is 12.1 Å². The van der Waals surface area contributed by atoms with Gasteiger partial charge < -0.3 is 10.4 Å². The van der Waals surface area contributed by atoms with E-state index in [9.17, 15) is 14.0 Å². The Morgan fingerprint density at radius 3 is 2.60 bits per heavy atom. The molecule has 2 N–H and O–H groups in total. The number of aryl methyl sites for hydroxylation is 1. The number of aromatic nitrogens is 2. The van der Waals surface area contributed by atoms with Gasteiger partial charge in [0.15, 0.2) is 11.6 Å². The van der Waals surface area contributed by atoms with Crippen LogP contribution in [0.4, 0.5) is 10.2 Å². The van der Waals surface area contributed by atoms with Gasteiger partial charge in [0.1, 0.15) is 0 Å². The van der Waals surface area contributed by atoms with Crippen molar-refractivity contribution in [2.45, 2.75) is 0 Å². The molecule has 2 rings (SSSR count). The minimum atomic E-state index is -1.52. The number of anilines is 1. The molecule has 104 valence electrons. The first-order valence-corrected chi connectivity index (χ1v) is 5.81.